The predicted molar refractivity (Wildman–Crippen MR) is 57.6 cm³/mol. The van der Waals surface area contributed by atoms with Crippen molar-refractivity contribution in [3.05, 3.63) is 34.9 Å². The smallest absolute Gasteiger partial charge is 0.0635 e. The van der Waals surface area contributed by atoms with Gasteiger partial charge >= 0.3 is 0 Å². The van der Waals surface area contributed by atoms with Gasteiger partial charge in [-0.3, -0.25) is 0 Å². The van der Waals surface area contributed by atoms with Crippen LogP contribution in [0.5, 0.6) is 0 Å². The number of nitrogen functional groups attached to an aromatic ring is 1. The molecule has 0 atom stereocenters. The van der Waals surface area contributed by atoms with E-state index in [1.807, 2.05) is 18.2 Å². The first-order valence-electron chi connectivity index (χ1n) is 4.49. The number of hydrogen-bond donors (Lipinski definition) is 1. The topological polar surface area (TPSA) is 26.0 Å². The summed E-state index contributed by atoms with van der Waals surface area (Å²) in [6.45, 7) is 0. The minimum absolute atomic E-state index is 0.628. The maximum absolute atomic E-state index is 5.81. The molecule has 0 aromatic heterocycles. The Morgan fingerprint density at radius 3 is 2.77 bits per heavy atom. The normalized spacial score (nSPS) is 16.7. The van der Waals surface area contributed by atoms with Gasteiger partial charge in [-0.25, -0.2) is 0 Å². The molecule has 13 heavy (non-hydrogen) atoms. The second-order valence-corrected chi connectivity index (χ2v) is 3.88. The molecule has 0 spiro atoms. The highest BCUT2D eigenvalue weighted by molar-refractivity contribution is 6.33. The second kappa shape index (κ2) is 3.43. The van der Waals surface area contributed by atoms with Crippen LogP contribution in [0, 0.1) is 5.92 Å². The third-order valence-corrected chi connectivity index (χ3v) is 2.55. The number of benzene rings is 1. The van der Waals surface area contributed by atoms with Crippen molar-refractivity contribution in [2.75, 3.05) is 5.73 Å². The van der Waals surface area contributed by atoms with Crippen molar-refractivity contribution in [3.8, 4) is 0 Å². The summed E-state index contributed by atoms with van der Waals surface area (Å²) in [4.78, 5) is 0. The van der Waals surface area contributed by atoms with Crippen molar-refractivity contribution in [1.29, 1.82) is 0 Å². The first kappa shape index (κ1) is 8.64. The SMILES string of the molecule is Nc1cc(/C=C/C2CC2)ccc1Cl. The van der Waals surface area contributed by atoms with Crippen LogP contribution in [0.1, 0.15) is 18.4 Å². The molecule has 0 radical (unpaired) electrons. The average molecular weight is 194 g/mol. The standard InChI is InChI=1S/C11H12ClN/c12-10-6-5-9(7-11(10)13)4-3-8-1-2-8/h3-8H,1-2,13H2/b4-3+. The molecule has 2 heteroatoms. The largest absolute Gasteiger partial charge is 0.398 e. The van der Waals surface area contributed by atoms with Crippen molar-refractivity contribution in [2.45, 2.75) is 12.8 Å². The van der Waals surface area contributed by atoms with Crippen molar-refractivity contribution in [2.24, 2.45) is 5.92 Å². The van der Waals surface area contributed by atoms with Gasteiger partial charge in [0.2, 0.25) is 0 Å². The lowest BCUT2D eigenvalue weighted by atomic mass is 10.2. The average Bonchev–Trinajstić information content (AvgIpc) is 2.91. The van der Waals surface area contributed by atoms with Gasteiger partial charge in [-0.1, -0.05) is 29.8 Å². The monoisotopic (exact) mass is 193 g/mol. The fraction of sp³-hybridized carbons (Fsp3) is 0.273. The number of allylic oxidation sites excluding steroid dienone is 1. The summed E-state index contributed by atoms with van der Waals surface area (Å²) in [6.07, 6.45) is 7.02. The van der Waals surface area contributed by atoms with E-state index in [2.05, 4.69) is 12.2 Å². The van der Waals surface area contributed by atoms with Crippen LogP contribution in [0.3, 0.4) is 0 Å². The van der Waals surface area contributed by atoms with E-state index in [0.717, 1.165) is 11.5 Å². The van der Waals surface area contributed by atoms with Crippen LogP contribution in [0.25, 0.3) is 6.08 Å². The van der Waals surface area contributed by atoms with Crippen LogP contribution in [0.2, 0.25) is 5.02 Å². The summed E-state index contributed by atoms with van der Waals surface area (Å²) in [7, 11) is 0. The molecule has 1 aliphatic rings. The first-order valence-corrected chi connectivity index (χ1v) is 4.87. The molecule has 1 nitrogen and oxygen atoms in total. The molecule has 0 bridgehead atoms. The van der Waals surface area contributed by atoms with Crippen LogP contribution in [0.4, 0.5) is 5.69 Å². The number of halogens is 1. The molecular formula is C11H12ClN. The quantitative estimate of drug-likeness (QED) is 0.717. The van der Waals surface area contributed by atoms with E-state index in [4.69, 9.17) is 17.3 Å². The molecule has 0 unspecified atom stereocenters. The Bertz CT molecular complexity index is 340. The predicted octanol–water partition coefficient (Wildman–Crippen LogP) is 3.35. The Balaban J connectivity index is 2.15. The third kappa shape index (κ3) is 2.25. The fourth-order valence-electron chi connectivity index (χ4n) is 1.20. The molecule has 1 aromatic rings. The Morgan fingerprint density at radius 1 is 1.38 bits per heavy atom. The van der Waals surface area contributed by atoms with Gasteiger partial charge in [0.1, 0.15) is 0 Å². The summed E-state index contributed by atoms with van der Waals surface area (Å²) in [5, 5.41) is 0.628. The van der Waals surface area contributed by atoms with E-state index in [9.17, 15) is 0 Å². The molecule has 0 amide bonds. The van der Waals surface area contributed by atoms with Crippen LogP contribution in [-0.4, -0.2) is 0 Å². The number of nitrogens with two attached hydrogens (primary N) is 1. The van der Waals surface area contributed by atoms with Crippen LogP contribution >= 0.6 is 11.6 Å². The van der Waals surface area contributed by atoms with Gasteiger partial charge in [0.25, 0.3) is 0 Å². The van der Waals surface area contributed by atoms with Crippen LogP contribution in [0.15, 0.2) is 24.3 Å². The Hall–Kier alpha value is -0.950. The third-order valence-electron chi connectivity index (χ3n) is 2.20. The molecule has 2 rings (SSSR count). The lowest BCUT2D eigenvalue weighted by Crippen LogP contribution is -1.86. The molecule has 2 N–H and O–H groups in total. The number of hydrogen-bond acceptors (Lipinski definition) is 1. The van der Waals surface area contributed by atoms with E-state index in [-0.39, 0.29) is 0 Å². The molecule has 1 saturated carbocycles. The van der Waals surface area contributed by atoms with Crippen molar-refractivity contribution in [1.82, 2.24) is 0 Å². The molecule has 68 valence electrons. The fourth-order valence-corrected chi connectivity index (χ4v) is 1.32. The molecule has 0 saturated heterocycles. The summed E-state index contributed by atoms with van der Waals surface area (Å²) in [5.74, 6) is 0.803. The summed E-state index contributed by atoms with van der Waals surface area (Å²) in [6, 6.07) is 5.72. The summed E-state index contributed by atoms with van der Waals surface area (Å²) >= 11 is 5.81. The van der Waals surface area contributed by atoms with Crippen molar-refractivity contribution in [3.63, 3.8) is 0 Å². The molecule has 0 aliphatic heterocycles. The second-order valence-electron chi connectivity index (χ2n) is 3.48. The highest BCUT2D eigenvalue weighted by Gasteiger charge is 2.16. The highest BCUT2D eigenvalue weighted by atomic mass is 35.5. The number of anilines is 1. The first-order chi connectivity index (χ1) is 6.25. The number of rotatable bonds is 2. The zero-order valence-corrected chi connectivity index (χ0v) is 8.09. The van der Waals surface area contributed by atoms with Gasteiger partial charge in [0, 0.05) is 0 Å². The molecule has 1 fully saturated rings. The van der Waals surface area contributed by atoms with E-state index in [1.54, 1.807) is 0 Å². The van der Waals surface area contributed by atoms with Crippen LogP contribution in [-0.2, 0) is 0 Å². The van der Waals surface area contributed by atoms with Gasteiger partial charge in [-0.2, -0.15) is 0 Å². The minimum atomic E-state index is 0.628. The van der Waals surface area contributed by atoms with Gasteiger partial charge in [0.15, 0.2) is 0 Å². The van der Waals surface area contributed by atoms with E-state index < -0.39 is 0 Å². The Labute approximate surface area is 83.2 Å². The lowest BCUT2D eigenvalue weighted by Gasteiger charge is -1.98. The Kier molecular flexibility index (Phi) is 2.28. The van der Waals surface area contributed by atoms with Gasteiger partial charge in [0.05, 0.1) is 10.7 Å². The van der Waals surface area contributed by atoms with Gasteiger partial charge < -0.3 is 5.73 Å². The lowest BCUT2D eigenvalue weighted by molar-refractivity contribution is 1.13. The van der Waals surface area contributed by atoms with Gasteiger partial charge in [-0.15, -0.1) is 0 Å². The Morgan fingerprint density at radius 2 is 2.15 bits per heavy atom. The zero-order chi connectivity index (χ0) is 9.26. The zero-order valence-electron chi connectivity index (χ0n) is 7.33. The van der Waals surface area contributed by atoms with Crippen molar-refractivity contribution < 1.29 is 0 Å². The molecule has 1 aliphatic carbocycles. The molecular weight excluding hydrogens is 182 g/mol. The van der Waals surface area contributed by atoms with E-state index >= 15 is 0 Å². The summed E-state index contributed by atoms with van der Waals surface area (Å²) in [5.41, 5.74) is 7.46. The maximum Gasteiger partial charge on any atom is 0.0635 e. The van der Waals surface area contributed by atoms with Crippen molar-refractivity contribution >= 4 is 23.4 Å². The van der Waals surface area contributed by atoms with Crippen LogP contribution < -0.4 is 5.73 Å². The highest BCUT2D eigenvalue weighted by Crippen LogP contribution is 2.31. The van der Waals surface area contributed by atoms with E-state index in [1.165, 1.54) is 12.8 Å². The summed E-state index contributed by atoms with van der Waals surface area (Å²) < 4.78 is 0. The maximum atomic E-state index is 5.81. The van der Waals surface area contributed by atoms with E-state index in [0.29, 0.717) is 10.7 Å². The van der Waals surface area contributed by atoms with Gasteiger partial charge in [-0.05, 0) is 36.5 Å². The minimum Gasteiger partial charge on any atom is -0.398 e. The molecule has 1 aromatic carbocycles. The molecule has 0 heterocycles.